The number of aryl methyl sites for hydroxylation is 1. The molecule has 2 N–H and O–H groups in total. The highest BCUT2D eigenvalue weighted by Crippen LogP contribution is 2.27. The molecular formula is C11H12ClN3O2. The summed E-state index contributed by atoms with van der Waals surface area (Å²) in [5.41, 5.74) is 6.55. The molecule has 1 fully saturated rings. The number of nitrogens with two attached hydrogens (primary N) is 1. The van der Waals surface area contributed by atoms with Crippen molar-refractivity contribution in [2.75, 3.05) is 11.4 Å². The lowest BCUT2D eigenvalue weighted by molar-refractivity contribution is -0.123. The quantitative estimate of drug-likeness (QED) is 0.795. The third kappa shape index (κ3) is 2.24. The minimum Gasteiger partial charge on any atom is -0.369 e. The van der Waals surface area contributed by atoms with E-state index < -0.39 is 11.8 Å². The maximum Gasteiger partial charge on any atom is 0.227 e. The minimum absolute atomic E-state index is 0.110. The third-order valence-corrected chi connectivity index (χ3v) is 3.05. The molecule has 2 amide bonds. The Labute approximate surface area is 104 Å². The average Bonchev–Trinajstić information content (AvgIpc) is 2.61. The molecule has 0 saturated carbocycles. The normalized spacial score (nSPS) is 19.8. The Morgan fingerprint density at radius 2 is 2.29 bits per heavy atom. The highest BCUT2D eigenvalue weighted by atomic mass is 35.5. The summed E-state index contributed by atoms with van der Waals surface area (Å²) >= 11 is 5.75. The highest BCUT2D eigenvalue weighted by molar-refractivity contribution is 6.29. The van der Waals surface area contributed by atoms with Gasteiger partial charge in [-0.1, -0.05) is 11.6 Å². The van der Waals surface area contributed by atoms with Crippen LogP contribution in [0.25, 0.3) is 0 Å². The molecule has 1 aromatic rings. The van der Waals surface area contributed by atoms with E-state index in [1.54, 1.807) is 19.1 Å². The first-order valence-electron chi connectivity index (χ1n) is 5.22. The van der Waals surface area contributed by atoms with E-state index in [2.05, 4.69) is 4.98 Å². The lowest BCUT2D eigenvalue weighted by Gasteiger charge is -2.18. The summed E-state index contributed by atoms with van der Waals surface area (Å²) in [6.45, 7) is 2.09. The smallest absolute Gasteiger partial charge is 0.227 e. The summed E-state index contributed by atoms with van der Waals surface area (Å²) in [7, 11) is 0. The van der Waals surface area contributed by atoms with Crippen molar-refractivity contribution < 1.29 is 9.59 Å². The number of primary amides is 1. The van der Waals surface area contributed by atoms with Crippen molar-refractivity contribution in [3.05, 3.63) is 23.0 Å². The molecule has 1 saturated heterocycles. The Balaban J connectivity index is 2.29. The van der Waals surface area contributed by atoms with Crippen LogP contribution in [0.3, 0.4) is 0 Å². The molecule has 6 heteroatoms. The van der Waals surface area contributed by atoms with E-state index in [1.807, 2.05) is 0 Å². The van der Waals surface area contributed by atoms with E-state index in [4.69, 9.17) is 17.3 Å². The van der Waals surface area contributed by atoms with Crippen LogP contribution in [0.5, 0.6) is 0 Å². The van der Waals surface area contributed by atoms with Gasteiger partial charge in [-0.05, 0) is 19.1 Å². The molecule has 1 atom stereocenters. The second-order valence-electron chi connectivity index (χ2n) is 4.05. The van der Waals surface area contributed by atoms with Crippen LogP contribution in [0.15, 0.2) is 12.1 Å². The Bertz CT molecular complexity index is 490. The third-order valence-electron chi connectivity index (χ3n) is 2.84. The number of anilines is 1. The van der Waals surface area contributed by atoms with Gasteiger partial charge in [-0.25, -0.2) is 4.98 Å². The van der Waals surface area contributed by atoms with Crippen molar-refractivity contribution in [3.63, 3.8) is 0 Å². The van der Waals surface area contributed by atoms with Gasteiger partial charge < -0.3 is 10.6 Å². The van der Waals surface area contributed by atoms with Gasteiger partial charge in [-0.15, -0.1) is 0 Å². The number of halogens is 1. The molecule has 1 unspecified atom stereocenters. The van der Waals surface area contributed by atoms with Crippen molar-refractivity contribution in [2.24, 2.45) is 11.7 Å². The highest BCUT2D eigenvalue weighted by Gasteiger charge is 2.34. The number of nitrogens with zero attached hydrogens (tertiary/aromatic N) is 2. The van der Waals surface area contributed by atoms with Gasteiger partial charge >= 0.3 is 0 Å². The SMILES string of the molecule is Cc1nc(Cl)ccc1N1CC(C(N)=O)CC1=O. The maximum absolute atomic E-state index is 11.8. The standard InChI is InChI=1S/C11H12ClN3O2/c1-6-8(2-3-9(12)14-6)15-5-7(11(13)17)4-10(15)16/h2-3,7H,4-5H2,1H3,(H2,13,17). The monoisotopic (exact) mass is 253 g/mol. The van der Waals surface area contributed by atoms with Gasteiger partial charge in [0.2, 0.25) is 11.8 Å². The molecule has 2 rings (SSSR count). The number of hydrogen-bond acceptors (Lipinski definition) is 3. The predicted molar refractivity (Wildman–Crippen MR) is 63.6 cm³/mol. The number of carbonyl (C=O) groups is 2. The molecule has 5 nitrogen and oxygen atoms in total. The van der Waals surface area contributed by atoms with Crippen LogP contribution in [0, 0.1) is 12.8 Å². The number of aromatic nitrogens is 1. The van der Waals surface area contributed by atoms with E-state index in [1.165, 1.54) is 4.90 Å². The van der Waals surface area contributed by atoms with Crippen molar-refractivity contribution in [1.29, 1.82) is 0 Å². The number of rotatable bonds is 2. The van der Waals surface area contributed by atoms with E-state index in [9.17, 15) is 9.59 Å². The fourth-order valence-corrected chi connectivity index (χ4v) is 2.13. The topological polar surface area (TPSA) is 76.3 Å². The second kappa shape index (κ2) is 4.33. The van der Waals surface area contributed by atoms with Crippen molar-refractivity contribution in [3.8, 4) is 0 Å². The van der Waals surface area contributed by atoms with E-state index in [-0.39, 0.29) is 12.3 Å². The molecule has 0 radical (unpaired) electrons. The molecule has 1 aliphatic rings. The molecule has 0 aromatic carbocycles. The van der Waals surface area contributed by atoms with Crippen molar-refractivity contribution in [1.82, 2.24) is 4.98 Å². The Kier molecular flexibility index (Phi) is 3.02. The summed E-state index contributed by atoms with van der Waals surface area (Å²) in [5, 5.41) is 0.379. The molecule has 2 heterocycles. The van der Waals surface area contributed by atoms with Crippen molar-refractivity contribution >= 4 is 29.1 Å². The van der Waals surface area contributed by atoms with Crippen LogP contribution in [-0.2, 0) is 9.59 Å². The zero-order valence-electron chi connectivity index (χ0n) is 9.31. The lowest BCUT2D eigenvalue weighted by Crippen LogP contribution is -2.29. The van der Waals surface area contributed by atoms with Crippen LogP contribution in [0.2, 0.25) is 5.15 Å². The first kappa shape index (κ1) is 11.9. The van der Waals surface area contributed by atoms with E-state index in [0.717, 1.165) is 0 Å². The van der Waals surface area contributed by atoms with Crippen LogP contribution in [0.4, 0.5) is 5.69 Å². The second-order valence-corrected chi connectivity index (χ2v) is 4.43. The zero-order valence-corrected chi connectivity index (χ0v) is 10.1. The first-order chi connectivity index (χ1) is 7.99. The summed E-state index contributed by atoms with van der Waals surface area (Å²) in [4.78, 5) is 28.5. The molecule has 1 aliphatic heterocycles. The Morgan fingerprint density at radius 1 is 1.59 bits per heavy atom. The lowest BCUT2D eigenvalue weighted by atomic mass is 10.1. The van der Waals surface area contributed by atoms with Crippen LogP contribution in [-0.4, -0.2) is 23.3 Å². The number of hydrogen-bond donors (Lipinski definition) is 1. The fraction of sp³-hybridized carbons (Fsp3) is 0.364. The Morgan fingerprint density at radius 3 is 2.82 bits per heavy atom. The van der Waals surface area contributed by atoms with Gasteiger partial charge in [-0.3, -0.25) is 9.59 Å². The average molecular weight is 254 g/mol. The number of carbonyl (C=O) groups excluding carboxylic acids is 2. The van der Waals surface area contributed by atoms with Gasteiger partial charge in [0, 0.05) is 13.0 Å². The minimum atomic E-state index is -0.444. The van der Waals surface area contributed by atoms with Crippen LogP contribution < -0.4 is 10.6 Å². The molecule has 1 aromatic heterocycles. The molecular weight excluding hydrogens is 242 g/mol. The molecule has 0 bridgehead atoms. The summed E-state index contributed by atoms with van der Waals surface area (Å²) < 4.78 is 0. The van der Waals surface area contributed by atoms with E-state index in [0.29, 0.717) is 23.1 Å². The van der Waals surface area contributed by atoms with Gasteiger partial charge in [-0.2, -0.15) is 0 Å². The van der Waals surface area contributed by atoms with E-state index >= 15 is 0 Å². The van der Waals surface area contributed by atoms with Crippen molar-refractivity contribution in [2.45, 2.75) is 13.3 Å². The van der Waals surface area contributed by atoms with Gasteiger partial charge in [0.05, 0.1) is 17.3 Å². The molecule has 90 valence electrons. The predicted octanol–water partition coefficient (Wildman–Crippen LogP) is 0.882. The molecule has 0 spiro atoms. The van der Waals surface area contributed by atoms with Gasteiger partial charge in [0.25, 0.3) is 0 Å². The number of pyridine rings is 1. The summed E-state index contributed by atoms with van der Waals surface area (Å²) in [5.74, 6) is -0.973. The number of amides is 2. The van der Waals surface area contributed by atoms with Crippen LogP contribution in [0.1, 0.15) is 12.1 Å². The zero-order chi connectivity index (χ0) is 12.6. The maximum atomic E-state index is 11.8. The molecule has 0 aliphatic carbocycles. The first-order valence-corrected chi connectivity index (χ1v) is 5.59. The molecule has 17 heavy (non-hydrogen) atoms. The van der Waals surface area contributed by atoms with Gasteiger partial charge in [0.15, 0.2) is 0 Å². The van der Waals surface area contributed by atoms with Crippen LogP contribution >= 0.6 is 11.6 Å². The summed E-state index contributed by atoms with van der Waals surface area (Å²) in [6, 6.07) is 3.35. The summed E-state index contributed by atoms with van der Waals surface area (Å²) in [6.07, 6.45) is 0.164. The van der Waals surface area contributed by atoms with Gasteiger partial charge in [0.1, 0.15) is 5.15 Å². The fourth-order valence-electron chi connectivity index (χ4n) is 1.94. The Hall–Kier alpha value is -1.62. The largest absolute Gasteiger partial charge is 0.369 e.